The molecule has 0 atom stereocenters. The molecule has 2 rings (SSSR count). The average Bonchev–Trinajstić information content (AvgIpc) is 3.03. The molecule has 158 valence electrons. The molecule has 3 N–H and O–H groups in total. The average molecular weight is 499 g/mol. The van der Waals surface area contributed by atoms with Gasteiger partial charge < -0.3 is 20.5 Å². The molecular weight excluding hydrogens is 461 g/mol. The number of aryl methyl sites for hydroxylation is 1. The molecule has 1 aromatic heterocycles. The summed E-state index contributed by atoms with van der Waals surface area (Å²) in [6.07, 6.45) is 5.41. The number of aromatic nitrogens is 1. The first-order valence-electron chi connectivity index (χ1n) is 10.3. The van der Waals surface area contributed by atoms with E-state index in [-0.39, 0.29) is 24.0 Å². The topological polar surface area (TPSA) is 55.5 Å². The number of aromatic amines is 1. The predicted octanol–water partition coefficient (Wildman–Crippen LogP) is 4.31. The van der Waals surface area contributed by atoms with Crippen LogP contribution >= 0.6 is 24.0 Å². The van der Waals surface area contributed by atoms with E-state index in [2.05, 4.69) is 79.7 Å². The SMILES string of the molecule is CCNC(=NCCCCN(C)C(C)C)NCCc1c[nH]c2cc(C)ccc12.I. The molecule has 0 saturated heterocycles. The number of guanidine groups is 1. The minimum absolute atomic E-state index is 0. The molecule has 1 heterocycles. The van der Waals surface area contributed by atoms with Crippen molar-refractivity contribution < 1.29 is 0 Å². The van der Waals surface area contributed by atoms with Crippen molar-refractivity contribution in [2.24, 2.45) is 4.99 Å². The zero-order chi connectivity index (χ0) is 19.6. The maximum Gasteiger partial charge on any atom is 0.191 e. The number of nitrogens with zero attached hydrogens (tertiary/aromatic N) is 2. The molecule has 0 saturated carbocycles. The summed E-state index contributed by atoms with van der Waals surface area (Å²) in [4.78, 5) is 10.5. The number of hydrogen-bond donors (Lipinski definition) is 3. The van der Waals surface area contributed by atoms with E-state index in [1.807, 2.05) is 0 Å². The van der Waals surface area contributed by atoms with Crippen LogP contribution in [0.15, 0.2) is 29.4 Å². The summed E-state index contributed by atoms with van der Waals surface area (Å²) in [5, 5.41) is 8.13. The van der Waals surface area contributed by atoms with E-state index in [1.54, 1.807) is 0 Å². The number of rotatable bonds is 10. The highest BCUT2D eigenvalue weighted by molar-refractivity contribution is 14.0. The molecule has 5 nitrogen and oxygen atoms in total. The number of fused-ring (bicyclic) bond motifs is 1. The van der Waals surface area contributed by atoms with Crippen LogP contribution in [-0.2, 0) is 6.42 Å². The number of aliphatic imine (C=N–C) groups is 1. The molecule has 2 aromatic rings. The first kappa shape index (κ1) is 24.8. The van der Waals surface area contributed by atoms with Crippen molar-refractivity contribution in [2.45, 2.75) is 53.0 Å². The summed E-state index contributed by atoms with van der Waals surface area (Å²) >= 11 is 0. The molecule has 0 spiro atoms. The molecule has 0 aliphatic rings. The third kappa shape index (κ3) is 7.99. The quantitative estimate of drug-likeness (QED) is 0.198. The summed E-state index contributed by atoms with van der Waals surface area (Å²) in [5.41, 5.74) is 3.86. The fourth-order valence-corrected chi connectivity index (χ4v) is 3.09. The third-order valence-corrected chi connectivity index (χ3v) is 5.02. The Kier molecular flexibility index (Phi) is 11.5. The zero-order valence-corrected chi connectivity index (χ0v) is 20.5. The lowest BCUT2D eigenvalue weighted by Crippen LogP contribution is -2.38. The molecule has 28 heavy (non-hydrogen) atoms. The molecule has 0 unspecified atom stereocenters. The summed E-state index contributed by atoms with van der Waals surface area (Å²) < 4.78 is 0. The maximum atomic E-state index is 4.72. The number of nitrogens with one attached hydrogen (secondary N) is 3. The van der Waals surface area contributed by atoms with E-state index < -0.39 is 0 Å². The Bertz CT molecular complexity index is 723. The summed E-state index contributed by atoms with van der Waals surface area (Å²) in [6, 6.07) is 7.20. The van der Waals surface area contributed by atoms with Gasteiger partial charge in [-0.3, -0.25) is 4.99 Å². The Hall–Kier alpha value is -1.28. The van der Waals surface area contributed by atoms with Gasteiger partial charge in [-0.15, -0.1) is 24.0 Å². The second-order valence-corrected chi connectivity index (χ2v) is 7.58. The van der Waals surface area contributed by atoms with Gasteiger partial charge in [0.15, 0.2) is 5.96 Å². The van der Waals surface area contributed by atoms with Crippen molar-refractivity contribution in [1.82, 2.24) is 20.5 Å². The van der Waals surface area contributed by atoms with Crippen molar-refractivity contribution in [3.8, 4) is 0 Å². The van der Waals surface area contributed by atoms with Crippen molar-refractivity contribution in [3.05, 3.63) is 35.5 Å². The summed E-state index contributed by atoms with van der Waals surface area (Å²) in [5.74, 6) is 0.922. The van der Waals surface area contributed by atoms with Crippen LogP contribution in [0, 0.1) is 6.92 Å². The van der Waals surface area contributed by atoms with E-state index >= 15 is 0 Å². The highest BCUT2D eigenvalue weighted by Crippen LogP contribution is 2.19. The summed E-state index contributed by atoms with van der Waals surface area (Å²) in [6.45, 7) is 12.5. The number of hydrogen-bond acceptors (Lipinski definition) is 2. The van der Waals surface area contributed by atoms with Gasteiger partial charge in [-0.25, -0.2) is 0 Å². The molecule has 0 amide bonds. The van der Waals surface area contributed by atoms with Gasteiger partial charge in [0.05, 0.1) is 0 Å². The van der Waals surface area contributed by atoms with Gasteiger partial charge in [0.1, 0.15) is 0 Å². The fourth-order valence-electron chi connectivity index (χ4n) is 3.09. The van der Waals surface area contributed by atoms with Gasteiger partial charge in [-0.05, 0) is 77.7 Å². The molecular formula is C22H38IN5. The van der Waals surface area contributed by atoms with Gasteiger partial charge in [-0.1, -0.05) is 12.1 Å². The zero-order valence-electron chi connectivity index (χ0n) is 18.1. The van der Waals surface area contributed by atoms with Crippen molar-refractivity contribution in [1.29, 1.82) is 0 Å². The van der Waals surface area contributed by atoms with Gasteiger partial charge in [0.2, 0.25) is 0 Å². The monoisotopic (exact) mass is 499 g/mol. The molecule has 0 bridgehead atoms. The molecule has 1 aromatic carbocycles. The highest BCUT2D eigenvalue weighted by Gasteiger charge is 2.05. The van der Waals surface area contributed by atoms with Crippen LogP contribution in [0.4, 0.5) is 0 Å². The number of H-pyrrole nitrogens is 1. The molecule has 0 radical (unpaired) electrons. The predicted molar refractivity (Wildman–Crippen MR) is 133 cm³/mol. The maximum absolute atomic E-state index is 4.72. The van der Waals surface area contributed by atoms with Crippen molar-refractivity contribution in [3.63, 3.8) is 0 Å². The third-order valence-electron chi connectivity index (χ3n) is 5.02. The van der Waals surface area contributed by atoms with Crippen LogP contribution < -0.4 is 10.6 Å². The molecule has 6 heteroatoms. The number of halogens is 1. The first-order chi connectivity index (χ1) is 13.0. The Morgan fingerprint density at radius 3 is 2.71 bits per heavy atom. The second-order valence-electron chi connectivity index (χ2n) is 7.58. The van der Waals surface area contributed by atoms with Crippen LogP contribution in [-0.4, -0.2) is 55.1 Å². The Morgan fingerprint density at radius 2 is 2.00 bits per heavy atom. The minimum atomic E-state index is 0. The number of benzene rings is 1. The van der Waals surface area contributed by atoms with E-state index in [9.17, 15) is 0 Å². The van der Waals surface area contributed by atoms with Crippen LogP contribution in [0.3, 0.4) is 0 Å². The lowest BCUT2D eigenvalue weighted by molar-refractivity contribution is 0.269. The van der Waals surface area contributed by atoms with Crippen LogP contribution in [0.2, 0.25) is 0 Å². The van der Waals surface area contributed by atoms with Crippen LogP contribution in [0.5, 0.6) is 0 Å². The van der Waals surface area contributed by atoms with Gasteiger partial charge in [0, 0.05) is 42.8 Å². The number of unbranched alkanes of at least 4 members (excludes halogenated alkanes) is 1. The highest BCUT2D eigenvalue weighted by atomic mass is 127. The standard InChI is InChI=1S/C22H37N5.HI/c1-6-23-22(24-12-7-8-14-27(5)17(2)3)25-13-11-19-16-26-21-15-18(4)9-10-20(19)21;/h9-10,15-17,26H,6-8,11-14H2,1-5H3,(H2,23,24,25);1H. The van der Waals surface area contributed by atoms with Crippen molar-refractivity contribution in [2.75, 3.05) is 33.2 Å². The molecule has 0 fully saturated rings. The molecule has 0 aliphatic carbocycles. The van der Waals surface area contributed by atoms with Gasteiger partial charge in [0.25, 0.3) is 0 Å². The van der Waals surface area contributed by atoms with Gasteiger partial charge >= 0.3 is 0 Å². The van der Waals surface area contributed by atoms with E-state index in [4.69, 9.17) is 4.99 Å². The van der Waals surface area contributed by atoms with Crippen LogP contribution in [0.1, 0.15) is 44.7 Å². The largest absolute Gasteiger partial charge is 0.361 e. The first-order valence-corrected chi connectivity index (χ1v) is 10.3. The van der Waals surface area contributed by atoms with Crippen molar-refractivity contribution >= 4 is 40.8 Å². The fraction of sp³-hybridized carbons (Fsp3) is 0.591. The smallest absolute Gasteiger partial charge is 0.191 e. The van der Waals surface area contributed by atoms with Crippen LogP contribution in [0.25, 0.3) is 10.9 Å². The van der Waals surface area contributed by atoms with Gasteiger partial charge in [-0.2, -0.15) is 0 Å². The Balaban J connectivity index is 0.00000392. The van der Waals surface area contributed by atoms with E-state index in [1.165, 1.54) is 28.5 Å². The normalized spacial score (nSPS) is 11.9. The van der Waals surface area contributed by atoms with E-state index in [0.29, 0.717) is 6.04 Å². The lowest BCUT2D eigenvalue weighted by Gasteiger charge is -2.20. The molecule has 0 aliphatic heterocycles. The second kappa shape index (κ2) is 13.0. The Morgan fingerprint density at radius 1 is 1.21 bits per heavy atom. The minimum Gasteiger partial charge on any atom is -0.361 e. The summed E-state index contributed by atoms with van der Waals surface area (Å²) in [7, 11) is 2.19. The van der Waals surface area contributed by atoms with E-state index in [0.717, 1.165) is 45.0 Å². The lowest BCUT2D eigenvalue weighted by atomic mass is 10.1. The Labute approximate surface area is 187 Å².